The Labute approximate surface area is 91.0 Å². The normalized spacial score (nSPS) is 35.7. The lowest BCUT2D eigenvalue weighted by Gasteiger charge is -2.41. The van der Waals surface area contributed by atoms with Gasteiger partial charge in [-0.2, -0.15) is 0 Å². The fraction of sp³-hybridized carbons (Fsp3) is 0.909. The fourth-order valence-electron chi connectivity index (χ4n) is 2.67. The van der Waals surface area contributed by atoms with Gasteiger partial charge in [0, 0.05) is 39.1 Å². The van der Waals surface area contributed by atoms with Gasteiger partial charge >= 0.3 is 0 Å². The molecule has 0 spiro atoms. The fourth-order valence-corrected chi connectivity index (χ4v) is 2.67. The summed E-state index contributed by atoms with van der Waals surface area (Å²) in [6.45, 7) is 2.68. The summed E-state index contributed by atoms with van der Waals surface area (Å²) in [5.41, 5.74) is 0. The zero-order valence-corrected chi connectivity index (χ0v) is 9.53. The molecule has 2 heterocycles. The van der Waals surface area contributed by atoms with Gasteiger partial charge in [-0.1, -0.05) is 0 Å². The molecule has 2 rings (SSSR count). The monoisotopic (exact) mass is 212 g/mol. The number of rotatable bonds is 1. The smallest absolute Gasteiger partial charge is 0.225 e. The Hall–Kier alpha value is -0.610. The summed E-state index contributed by atoms with van der Waals surface area (Å²) in [4.78, 5) is 13.7. The highest BCUT2D eigenvalue weighted by Crippen LogP contribution is 2.31. The van der Waals surface area contributed by atoms with E-state index in [0.717, 1.165) is 32.5 Å². The summed E-state index contributed by atoms with van der Waals surface area (Å²) in [7, 11) is 3.67. The molecule has 2 saturated heterocycles. The Kier molecular flexibility index (Phi) is 3.26. The van der Waals surface area contributed by atoms with Crippen molar-refractivity contribution in [2.45, 2.75) is 18.9 Å². The molecule has 0 aromatic heterocycles. The van der Waals surface area contributed by atoms with E-state index in [-0.39, 0.29) is 11.8 Å². The number of hydrogen-bond acceptors (Lipinski definition) is 3. The molecule has 0 aromatic rings. The molecule has 2 fully saturated rings. The van der Waals surface area contributed by atoms with E-state index in [4.69, 9.17) is 4.74 Å². The van der Waals surface area contributed by atoms with Gasteiger partial charge in [0.05, 0.1) is 6.10 Å². The van der Waals surface area contributed by atoms with Gasteiger partial charge in [-0.05, 0) is 19.4 Å². The lowest BCUT2D eigenvalue weighted by atomic mass is 9.79. The summed E-state index contributed by atoms with van der Waals surface area (Å²) in [6, 6.07) is 0. The minimum Gasteiger partial charge on any atom is -0.378 e. The van der Waals surface area contributed by atoms with Crippen LogP contribution in [0.1, 0.15) is 12.8 Å². The highest BCUT2D eigenvalue weighted by Gasteiger charge is 2.39. The van der Waals surface area contributed by atoms with E-state index in [0.29, 0.717) is 12.0 Å². The number of ether oxygens (including phenoxy) is 1. The Morgan fingerprint density at radius 1 is 1.40 bits per heavy atom. The number of carbonyl (C=O) groups is 1. The molecule has 0 bridgehead atoms. The van der Waals surface area contributed by atoms with Gasteiger partial charge in [-0.15, -0.1) is 0 Å². The number of nitrogens with one attached hydrogen (secondary N) is 1. The van der Waals surface area contributed by atoms with Crippen molar-refractivity contribution < 1.29 is 9.53 Å². The van der Waals surface area contributed by atoms with E-state index in [9.17, 15) is 4.79 Å². The van der Waals surface area contributed by atoms with E-state index in [2.05, 4.69) is 5.32 Å². The Balaban J connectivity index is 2.06. The van der Waals surface area contributed by atoms with Crippen molar-refractivity contribution in [2.24, 2.45) is 11.8 Å². The molecule has 86 valence electrons. The highest BCUT2D eigenvalue weighted by molar-refractivity contribution is 5.78. The third-order valence-electron chi connectivity index (χ3n) is 3.50. The molecule has 0 radical (unpaired) electrons. The van der Waals surface area contributed by atoms with Crippen LogP contribution in [0.5, 0.6) is 0 Å². The quantitative estimate of drug-likeness (QED) is 0.670. The van der Waals surface area contributed by atoms with Crippen molar-refractivity contribution >= 4 is 5.91 Å². The molecule has 15 heavy (non-hydrogen) atoms. The third-order valence-corrected chi connectivity index (χ3v) is 3.50. The number of fused-ring (bicyclic) bond motifs is 1. The number of piperidine rings is 1. The van der Waals surface area contributed by atoms with E-state index >= 15 is 0 Å². The van der Waals surface area contributed by atoms with Crippen LogP contribution < -0.4 is 5.32 Å². The van der Waals surface area contributed by atoms with Crippen LogP contribution in [0.3, 0.4) is 0 Å². The first-order valence-electron chi connectivity index (χ1n) is 5.73. The second-order valence-corrected chi connectivity index (χ2v) is 4.69. The van der Waals surface area contributed by atoms with Crippen LogP contribution in [-0.2, 0) is 9.53 Å². The van der Waals surface area contributed by atoms with E-state index in [1.54, 1.807) is 4.90 Å². The topological polar surface area (TPSA) is 41.6 Å². The van der Waals surface area contributed by atoms with Crippen LogP contribution in [0.15, 0.2) is 0 Å². The molecular weight excluding hydrogens is 192 g/mol. The van der Waals surface area contributed by atoms with Gasteiger partial charge in [0.1, 0.15) is 0 Å². The summed E-state index contributed by atoms with van der Waals surface area (Å²) < 4.78 is 5.73. The zero-order chi connectivity index (χ0) is 10.8. The lowest BCUT2D eigenvalue weighted by molar-refractivity contribution is -0.145. The van der Waals surface area contributed by atoms with Gasteiger partial charge in [-0.25, -0.2) is 0 Å². The minimum atomic E-state index is 0.159. The Morgan fingerprint density at radius 3 is 2.93 bits per heavy atom. The second-order valence-electron chi connectivity index (χ2n) is 4.69. The zero-order valence-electron chi connectivity index (χ0n) is 9.53. The van der Waals surface area contributed by atoms with Gasteiger partial charge in [-0.3, -0.25) is 4.79 Å². The molecule has 4 heteroatoms. The summed E-state index contributed by atoms with van der Waals surface area (Å²) in [5, 5.41) is 3.36. The molecule has 2 aliphatic heterocycles. The molecule has 3 atom stereocenters. The van der Waals surface area contributed by atoms with Crippen molar-refractivity contribution in [1.82, 2.24) is 10.2 Å². The van der Waals surface area contributed by atoms with Crippen LogP contribution in [0.2, 0.25) is 0 Å². The molecule has 2 aliphatic rings. The minimum absolute atomic E-state index is 0.159. The first kappa shape index (κ1) is 10.9. The van der Waals surface area contributed by atoms with Gasteiger partial charge in [0.25, 0.3) is 0 Å². The molecule has 4 nitrogen and oxygen atoms in total. The van der Waals surface area contributed by atoms with E-state index in [1.165, 1.54) is 0 Å². The van der Waals surface area contributed by atoms with Crippen molar-refractivity contribution in [1.29, 1.82) is 0 Å². The van der Waals surface area contributed by atoms with Crippen LogP contribution in [0, 0.1) is 11.8 Å². The molecule has 1 amide bonds. The van der Waals surface area contributed by atoms with Gasteiger partial charge in [0.2, 0.25) is 5.91 Å². The SMILES string of the molecule is CN(C)C(=O)[C@@H]1CCO[C@@H]2CCNC[C@@H]21. The van der Waals surface area contributed by atoms with Crippen molar-refractivity contribution in [3.05, 3.63) is 0 Å². The third kappa shape index (κ3) is 2.16. The first-order chi connectivity index (χ1) is 7.20. The maximum atomic E-state index is 12.0. The maximum absolute atomic E-state index is 12.0. The summed E-state index contributed by atoms with van der Waals surface area (Å²) >= 11 is 0. The maximum Gasteiger partial charge on any atom is 0.225 e. The number of nitrogens with zero attached hydrogens (tertiary/aromatic N) is 1. The Bertz CT molecular complexity index is 241. The van der Waals surface area contributed by atoms with E-state index in [1.807, 2.05) is 14.1 Å². The average Bonchev–Trinajstić information content (AvgIpc) is 2.27. The molecule has 1 N–H and O–H groups in total. The van der Waals surface area contributed by atoms with Crippen LogP contribution in [-0.4, -0.2) is 50.7 Å². The molecule has 0 unspecified atom stereocenters. The standard InChI is InChI=1S/C11H20N2O2/c1-13(2)11(14)8-4-6-15-10-3-5-12-7-9(8)10/h8-10,12H,3-7H2,1-2H3/t8-,9-,10-/m1/s1. The van der Waals surface area contributed by atoms with Crippen molar-refractivity contribution in [3.63, 3.8) is 0 Å². The van der Waals surface area contributed by atoms with E-state index < -0.39 is 0 Å². The predicted octanol–water partition coefficient (Wildman–Crippen LogP) is 0.0892. The molecular formula is C11H20N2O2. The predicted molar refractivity (Wildman–Crippen MR) is 57.5 cm³/mol. The average molecular weight is 212 g/mol. The van der Waals surface area contributed by atoms with Crippen molar-refractivity contribution in [2.75, 3.05) is 33.8 Å². The first-order valence-corrected chi connectivity index (χ1v) is 5.73. The molecule has 0 aliphatic carbocycles. The number of carbonyl (C=O) groups excluding carboxylic acids is 1. The summed E-state index contributed by atoms with van der Waals surface area (Å²) in [5.74, 6) is 0.797. The largest absolute Gasteiger partial charge is 0.378 e. The van der Waals surface area contributed by atoms with Crippen LogP contribution >= 0.6 is 0 Å². The Morgan fingerprint density at radius 2 is 2.20 bits per heavy atom. The van der Waals surface area contributed by atoms with Gasteiger partial charge < -0.3 is 15.0 Å². The lowest BCUT2D eigenvalue weighted by Crippen LogP contribution is -2.51. The molecule has 0 aromatic carbocycles. The van der Waals surface area contributed by atoms with Crippen LogP contribution in [0.4, 0.5) is 0 Å². The summed E-state index contributed by atoms with van der Waals surface area (Å²) in [6.07, 6.45) is 2.22. The number of hydrogen-bond donors (Lipinski definition) is 1. The second kappa shape index (κ2) is 4.49. The van der Waals surface area contributed by atoms with Crippen molar-refractivity contribution in [3.8, 4) is 0 Å². The van der Waals surface area contributed by atoms with Gasteiger partial charge in [0.15, 0.2) is 0 Å². The highest BCUT2D eigenvalue weighted by atomic mass is 16.5. The molecule has 0 saturated carbocycles. The van der Waals surface area contributed by atoms with Crippen LogP contribution in [0.25, 0.3) is 0 Å². The number of amides is 1.